The number of nitro groups is 1. The van der Waals surface area contributed by atoms with Crippen LogP contribution in [0.2, 0.25) is 0 Å². The quantitative estimate of drug-likeness (QED) is 0.646. The molecule has 2 atom stereocenters. The molecule has 0 bridgehead atoms. The summed E-state index contributed by atoms with van der Waals surface area (Å²) in [6.45, 7) is 2.74. The largest absolute Gasteiger partial charge is 0.371 e. The number of hydrogen-bond acceptors (Lipinski definition) is 5. The van der Waals surface area contributed by atoms with Crippen LogP contribution in [-0.4, -0.2) is 53.9 Å². The fourth-order valence-electron chi connectivity index (χ4n) is 4.58. The van der Waals surface area contributed by atoms with Gasteiger partial charge in [0.2, 0.25) is 5.91 Å². The normalized spacial score (nSPS) is 25.1. The van der Waals surface area contributed by atoms with Crippen molar-refractivity contribution in [3.63, 3.8) is 0 Å². The van der Waals surface area contributed by atoms with Crippen LogP contribution in [0, 0.1) is 16.0 Å². The van der Waals surface area contributed by atoms with E-state index in [4.69, 9.17) is 0 Å². The van der Waals surface area contributed by atoms with Crippen molar-refractivity contribution in [1.82, 2.24) is 10.2 Å². The number of nitrogens with one attached hydrogen (secondary N) is 1. The van der Waals surface area contributed by atoms with Crippen LogP contribution in [0.3, 0.4) is 0 Å². The highest BCUT2D eigenvalue weighted by molar-refractivity contribution is 6.01. The molecular weight excluding hydrogens is 348 g/mol. The molecule has 0 aliphatic carbocycles. The monoisotopic (exact) mass is 372 g/mol. The number of nitro benzene ring substituents is 1. The molecule has 3 saturated heterocycles. The van der Waals surface area contributed by atoms with Crippen LogP contribution in [0.15, 0.2) is 18.2 Å². The average molecular weight is 372 g/mol. The van der Waals surface area contributed by atoms with Crippen LogP contribution in [0.5, 0.6) is 0 Å². The van der Waals surface area contributed by atoms with Crippen molar-refractivity contribution < 1.29 is 14.5 Å². The maximum Gasteiger partial charge on any atom is 0.270 e. The number of benzene rings is 1. The molecule has 4 rings (SSSR count). The van der Waals surface area contributed by atoms with Gasteiger partial charge in [-0.3, -0.25) is 19.7 Å². The Morgan fingerprint density at radius 2 is 1.93 bits per heavy atom. The van der Waals surface area contributed by atoms with Crippen LogP contribution < -0.4 is 10.2 Å². The number of hydrogen-bond donors (Lipinski definition) is 1. The standard InChI is InChI=1S/C19H24N4O4/c24-18-14-5-4-10-22(17(14)12-20-18)19(25)15-11-13(23(26)27)6-7-16(15)21-8-2-1-3-9-21/h6-7,11,14,17H,1-5,8-10,12H2,(H,20,24)/t14-,17-/m1/s1. The maximum atomic E-state index is 13.4. The number of fused-ring (bicyclic) bond motifs is 1. The molecule has 2 amide bonds. The van der Waals surface area contributed by atoms with Gasteiger partial charge in [-0.15, -0.1) is 0 Å². The molecule has 1 aromatic carbocycles. The third kappa shape index (κ3) is 3.24. The van der Waals surface area contributed by atoms with Crippen molar-refractivity contribution in [2.24, 2.45) is 5.92 Å². The Balaban J connectivity index is 1.69. The molecule has 3 heterocycles. The Labute approximate surface area is 157 Å². The maximum absolute atomic E-state index is 13.4. The van der Waals surface area contributed by atoms with E-state index in [0.717, 1.165) is 50.9 Å². The number of non-ortho nitro benzene ring substituents is 1. The van der Waals surface area contributed by atoms with Gasteiger partial charge in [-0.1, -0.05) is 0 Å². The third-order valence-electron chi connectivity index (χ3n) is 5.98. The average Bonchev–Trinajstić information content (AvgIpc) is 3.09. The van der Waals surface area contributed by atoms with Gasteiger partial charge in [0.25, 0.3) is 11.6 Å². The number of carbonyl (C=O) groups is 2. The highest BCUT2D eigenvalue weighted by Gasteiger charge is 2.43. The van der Waals surface area contributed by atoms with E-state index in [0.29, 0.717) is 18.7 Å². The molecule has 3 aliphatic heterocycles. The molecule has 0 aromatic heterocycles. The smallest absolute Gasteiger partial charge is 0.270 e. The van der Waals surface area contributed by atoms with Gasteiger partial charge in [-0.25, -0.2) is 0 Å². The van der Waals surface area contributed by atoms with E-state index in [1.54, 1.807) is 11.0 Å². The first-order chi connectivity index (χ1) is 13.1. The minimum atomic E-state index is -0.462. The number of piperidine rings is 2. The summed E-state index contributed by atoms with van der Waals surface area (Å²) in [5.41, 5.74) is 1.07. The zero-order valence-corrected chi connectivity index (χ0v) is 15.2. The van der Waals surface area contributed by atoms with E-state index in [-0.39, 0.29) is 29.5 Å². The van der Waals surface area contributed by atoms with Crippen LogP contribution in [-0.2, 0) is 4.79 Å². The van der Waals surface area contributed by atoms with Crippen LogP contribution in [0.4, 0.5) is 11.4 Å². The first kappa shape index (κ1) is 17.8. The van der Waals surface area contributed by atoms with Crippen molar-refractivity contribution in [3.8, 4) is 0 Å². The van der Waals surface area contributed by atoms with Crippen LogP contribution in [0.25, 0.3) is 0 Å². The highest BCUT2D eigenvalue weighted by atomic mass is 16.6. The molecule has 8 heteroatoms. The molecular formula is C19H24N4O4. The molecule has 8 nitrogen and oxygen atoms in total. The van der Waals surface area contributed by atoms with Gasteiger partial charge in [0.1, 0.15) is 0 Å². The molecule has 1 aromatic rings. The van der Waals surface area contributed by atoms with Gasteiger partial charge in [-0.2, -0.15) is 0 Å². The molecule has 0 radical (unpaired) electrons. The summed E-state index contributed by atoms with van der Waals surface area (Å²) < 4.78 is 0. The number of carbonyl (C=O) groups excluding carboxylic acids is 2. The van der Waals surface area contributed by atoms with E-state index in [1.807, 2.05) is 0 Å². The summed E-state index contributed by atoms with van der Waals surface area (Å²) in [7, 11) is 0. The minimum Gasteiger partial charge on any atom is -0.371 e. The summed E-state index contributed by atoms with van der Waals surface area (Å²) in [6, 6.07) is 4.42. The van der Waals surface area contributed by atoms with Crippen molar-refractivity contribution in [2.45, 2.75) is 38.1 Å². The third-order valence-corrected chi connectivity index (χ3v) is 5.98. The number of rotatable bonds is 3. The number of amides is 2. The summed E-state index contributed by atoms with van der Waals surface area (Å²) in [6.07, 6.45) is 4.83. The van der Waals surface area contributed by atoms with E-state index in [2.05, 4.69) is 10.2 Å². The second-order valence-corrected chi connectivity index (χ2v) is 7.57. The summed E-state index contributed by atoms with van der Waals surface area (Å²) >= 11 is 0. The van der Waals surface area contributed by atoms with Crippen LogP contribution >= 0.6 is 0 Å². The second kappa shape index (κ2) is 7.17. The SMILES string of the molecule is O=C1NC[C@@H]2[C@H]1CCCN2C(=O)c1cc([N+](=O)[O-])ccc1N1CCCCC1. The van der Waals surface area contributed by atoms with Gasteiger partial charge in [0, 0.05) is 38.3 Å². The molecule has 3 aliphatic rings. The Morgan fingerprint density at radius 1 is 1.15 bits per heavy atom. The Bertz CT molecular complexity index is 775. The fourth-order valence-corrected chi connectivity index (χ4v) is 4.58. The van der Waals surface area contributed by atoms with Crippen LogP contribution in [0.1, 0.15) is 42.5 Å². The van der Waals surface area contributed by atoms with E-state index < -0.39 is 4.92 Å². The molecule has 0 unspecified atom stereocenters. The molecule has 27 heavy (non-hydrogen) atoms. The number of nitrogens with zero attached hydrogens (tertiary/aromatic N) is 3. The topological polar surface area (TPSA) is 95.8 Å². The number of likely N-dealkylation sites (tertiary alicyclic amines) is 1. The summed E-state index contributed by atoms with van der Waals surface area (Å²) in [5.74, 6) is -0.363. The molecule has 1 N–H and O–H groups in total. The summed E-state index contributed by atoms with van der Waals surface area (Å²) in [4.78, 5) is 40.2. The zero-order valence-electron chi connectivity index (χ0n) is 15.2. The first-order valence-electron chi connectivity index (χ1n) is 9.68. The van der Waals surface area contributed by atoms with Gasteiger partial charge < -0.3 is 15.1 Å². The lowest BCUT2D eigenvalue weighted by atomic mass is 9.90. The molecule has 3 fully saturated rings. The predicted octanol–water partition coefficient (Wildman–Crippen LogP) is 1.94. The Morgan fingerprint density at radius 3 is 2.67 bits per heavy atom. The highest BCUT2D eigenvalue weighted by Crippen LogP contribution is 2.33. The molecule has 0 saturated carbocycles. The summed E-state index contributed by atoms with van der Waals surface area (Å²) in [5, 5.41) is 14.1. The van der Waals surface area contributed by atoms with Gasteiger partial charge >= 0.3 is 0 Å². The number of anilines is 1. The molecule has 0 spiro atoms. The molecule has 144 valence electrons. The Hall–Kier alpha value is -2.64. The van der Waals surface area contributed by atoms with Gasteiger partial charge in [-0.05, 0) is 38.2 Å². The van der Waals surface area contributed by atoms with Gasteiger partial charge in [0.15, 0.2) is 0 Å². The fraction of sp³-hybridized carbons (Fsp3) is 0.579. The van der Waals surface area contributed by atoms with Crippen molar-refractivity contribution >= 4 is 23.2 Å². The van der Waals surface area contributed by atoms with E-state index in [9.17, 15) is 19.7 Å². The first-order valence-corrected chi connectivity index (χ1v) is 9.68. The lowest BCUT2D eigenvalue weighted by molar-refractivity contribution is -0.384. The van der Waals surface area contributed by atoms with Gasteiger partial charge in [0.05, 0.1) is 28.1 Å². The Kier molecular flexibility index (Phi) is 4.72. The lowest BCUT2D eigenvalue weighted by Crippen LogP contribution is -2.49. The van der Waals surface area contributed by atoms with Crippen molar-refractivity contribution in [1.29, 1.82) is 0 Å². The lowest BCUT2D eigenvalue weighted by Gasteiger charge is -2.37. The zero-order chi connectivity index (χ0) is 19.0. The van der Waals surface area contributed by atoms with Crippen molar-refractivity contribution in [2.75, 3.05) is 31.1 Å². The van der Waals surface area contributed by atoms with E-state index in [1.165, 1.54) is 12.1 Å². The predicted molar refractivity (Wildman–Crippen MR) is 99.7 cm³/mol. The van der Waals surface area contributed by atoms with E-state index >= 15 is 0 Å². The second-order valence-electron chi connectivity index (χ2n) is 7.57. The minimum absolute atomic E-state index is 0.00722. The van der Waals surface area contributed by atoms with Crippen molar-refractivity contribution in [3.05, 3.63) is 33.9 Å².